The molecular formula is C26H28N2O5. The molecule has 7 heteroatoms. The maximum Gasteiger partial charge on any atom is 0.338 e. The van der Waals surface area contributed by atoms with Gasteiger partial charge in [-0.25, -0.2) is 4.79 Å². The van der Waals surface area contributed by atoms with Crippen LogP contribution in [0.4, 0.5) is 11.4 Å². The van der Waals surface area contributed by atoms with E-state index < -0.39 is 18.5 Å². The lowest BCUT2D eigenvalue weighted by molar-refractivity contribution is -0.122. The number of ether oxygens (including phenoxy) is 1. The van der Waals surface area contributed by atoms with E-state index in [0.29, 0.717) is 30.1 Å². The molecule has 7 nitrogen and oxygen atoms in total. The molecule has 1 saturated carbocycles. The van der Waals surface area contributed by atoms with Crippen LogP contribution in [0.1, 0.15) is 47.7 Å². The second kappa shape index (κ2) is 9.17. The number of nitrogens with one attached hydrogen (secondary N) is 1. The Bertz CT molecular complexity index is 1130. The molecule has 0 aromatic heterocycles. The number of esters is 1. The van der Waals surface area contributed by atoms with Crippen LogP contribution in [0, 0.1) is 31.6 Å². The summed E-state index contributed by atoms with van der Waals surface area (Å²) in [5, 5.41) is 2.74. The average molecular weight is 449 g/mol. The lowest BCUT2D eigenvalue weighted by atomic mass is 9.76. The SMILES string of the molecule is Cc1ccc(C)c(NC(=O)COC(=O)c2cccc(N3C(=O)[C@@H]4CC[C@H](C)C[C@H]4C3=O)c2)c1. The maximum atomic E-state index is 13.0. The van der Waals surface area contributed by atoms with E-state index >= 15 is 0 Å². The van der Waals surface area contributed by atoms with Crippen molar-refractivity contribution in [1.29, 1.82) is 0 Å². The van der Waals surface area contributed by atoms with Gasteiger partial charge in [0.2, 0.25) is 11.8 Å². The third kappa shape index (κ3) is 4.67. The number of benzene rings is 2. The van der Waals surface area contributed by atoms with Gasteiger partial charge < -0.3 is 10.1 Å². The van der Waals surface area contributed by atoms with Gasteiger partial charge in [-0.3, -0.25) is 19.3 Å². The maximum absolute atomic E-state index is 13.0. The fraction of sp³-hybridized carbons (Fsp3) is 0.385. The molecule has 0 bridgehead atoms. The molecule has 1 N–H and O–H groups in total. The zero-order valence-electron chi connectivity index (χ0n) is 19.1. The Morgan fingerprint density at radius 3 is 2.58 bits per heavy atom. The third-order valence-corrected chi connectivity index (χ3v) is 6.53. The highest BCUT2D eigenvalue weighted by Gasteiger charge is 2.50. The predicted octanol–water partition coefficient (Wildman–Crippen LogP) is 4.02. The van der Waals surface area contributed by atoms with Crippen LogP contribution in [0.5, 0.6) is 0 Å². The standard InChI is InChI=1S/C26H28N2O5/c1-15-8-10-20-21(11-15)25(31)28(24(20)30)19-6-4-5-18(13-19)26(32)33-14-23(29)27-22-12-16(2)7-9-17(22)3/h4-7,9,12-13,15,20-21H,8,10-11,14H2,1-3H3,(H,27,29)/t15-,20+,21+/m0/s1. The molecule has 1 aliphatic heterocycles. The van der Waals surface area contributed by atoms with Gasteiger partial charge in [-0.05, 0) is 74.4 Å². The van der Waals surface area contributed by atoms with Crippen LogP contribution in [0.3, 0.4) is 0 Å². The third-order valence-electron chi connectivity index (χ3n) is 6.53. The van der Waals surface area contributed by atoms with Gasteiger partial charge >= 0.3 is 5.97 Å². The van der Waals surface area contributed by atoms with Crippen molar-refractivity contribution in [1.82, 2.24) is 0 Å². The minimum absolute atomic E-state index is 0.177. The van der Waals surface area contributed by atoms with Gasteiger partial charge in [0.15, 0.2) is 6.61 Å². The first-order chi connectivity index (χ1) is 15.7. The second-order valence-electron chi connectivity index (χ2n) is 9.14. The number of aryl methyl sites for hydroxylation is 2. The molecule has 1 saturated heterocycles. The molecule has 3 amide bonds. The van der Waals surface area contributed by atoms with Gasteiger partial charge in [0.1, 0.15) is 0 Å². The summed E-state index contributed by atoms with van der Waals surface area (Å²) in [5.41, 5.74) is 3.12. The van der Waals surface area contributed by atoms with Gasteiger partial charge in [-0.2, -0.15) is 0 Å². The molecular weight excluding hydrogens is 420 g/mol. The summed E-state index contributed by atoms with van der Waals surface area (Å²) < 4.78 is 5.17. The van der Waals surface area contributed by atoms with Crippen molar-refractivity contribution in [3.8, 4) is 0 Å². The van der Waals surface area contributed by atoms with E-state index in [1.165, 1.54) is 17.0 Å². The van der Waals surface area contributed by atoms with Crippen molar-refractivity contribution in [2.75, 3.05) is 16.8 Å². The van der Waals surface area contributed by atoms with Crippen molar-refractivity contribution >= 4 is 35.1 Å². The topological polar surface area (TPSA) is 92.8 Å². The van der Waals surface area contributed by atoms with Gasteiger partial charge in [-0.1, -0.05) is 25.1 Å². The van der Waals surface area contributed by atoms with E-state index in [2.05, 4.69) is 12.2 Å². The molecule has 33 heavy (non-hydrogen) atoms. The zero-order chi connectivity index (χ0) is 23.7. The number of imide groups is 1. The van der Waals surface area contributed by atoms with Crippen LogP contribution < -0.4 is 10.2 Å². The summed E-state index contributed by atoms with van der Waals surface area (Å²) in [7, 11) is 0. The van der Waals surface area contributed by atoms with E-state index in [1.807, 2.05) is 32.0 Å². The molecule has 4 rings (SSSR count). The van der Waals surface area contributed by atoms with E-state index in [1.54, 1.807) is 12.1 Å². The number of anilines is 2. The molecule has 0 radical (unpaired) electrons. The minimum atomic E-state index is -0.696. The van der Waals surface area contributed by atoms with Gasteiger partial charge in [0.25, 0.3) is 5.91 Å². The Morgan fingerprint density at radius 2 is 1.79 bits per heavy atom. The number of hydrogen-bond donors (Lipinski definition) is 1. The minimum Gasteiger partial charge on any atom is -0.452 e. The van der Waals surface area contributed by atoms with Crippen LogP contribution in [-0.4, -0.2) is 30.3 Å². The average Bonchev–Trinajstić information content (AvgIpc) is 3.04. The smallest absolute Gasteiger partial charge is 0.338 e. The molecule has 2 aliphatic rings. The van der Waals surface area contributed by atoms with Gasteiger partial charge in [-0.15, -0.1) is 0 Å². The van der Waals surface area contributed by atoms with E-state index in [-0.39, 0.29) is 29.2 Å². The fourth-order valence-electron chi connectivity index (χ4n) is 4.69. The first kappa shape index (κ1) is 22.7. The highest BCUT2D eigenvalue weighted by molar-refractivity contribution is 6.22. The van der Waals surface area contributed by atoms with Gasteiger partial charge in [0.05, 0.1) is 23.1 Å². The lowest BCUT2D eigenvalue weighted by Gasteiger charge is -2.25. The number of amides is 3. The second-order valence-corrected chi connectivity index (χ2v) is 9.14. The molecule has 2 aromatic carbocycles. The summed E-state index contributed by atoms with van der Waals surface area (Å²) in [4.78, 5) is 51.9. The molecule has 2 fully saturated rings. The molecule has 0 unspecified atom stereocenters. The summed E-state index contributed by atoms with van der Waals surface area (Å²) >= 11 is 0. The van der Waals surface area contributed by atoms with Crippen LogP contribution in [0.15, 0.2) is 42.5 Å². The first-order valence-electron chi connectivity index (χ1n) is 11.3. The van der Waals surface area contributed by atoms with Crippen molar-refractivity contribution in [3.63, 3.8) is 0 Å². The fourth-order valence-corrected chi connectivity index (χ4v) is 4.69. The monoisotopic (exact) mass is 448 g/mol. The van der Waals surface area contributed by atoms with Crippen LogP contribution in [0.2, 0.25) is 0 Å². The number of carbonyl (C=O) groups excluding carboxylic acids is 4. The molecule has 2 aromatic rings. The van der Waals surface area contributed by atoms with E-state index in [4.69, 9.17) is 4.74 Å². The van der Waals surface area contributed by atoms with Gasteiger partial charge in [0, 0.05) is 5.69 Å². The first-order valence-corrected chi connectivity index (χ1v) is 11.3. The number of nitrogens with zero attached hydrogens (tertiary/aromatic N) is 1. The predicted molar refractivity (Wildman–Crippen MR) is 124 cm³/mol. The van der Waals surface area contributed by atoms with Crippen molar-refractivity contribution in [3.05, 3.63) is 59.2 Å². The largest absolute Gasteiger partial charge is 0.452 e. The Balaban J connectivity index is 1.42. The number of fused-ring (bicyclic) bond motifs is 1. The molecule has 0 spiro atoms. The van der Waals surface area contributed by atoms with E-state index in [9.17, 15) is 19.2 Å². The Hall–Kier alpha value is -3.48. The van der Waals surface area contributed by atoms with Crippen molar-refractivity contribution in [2.24, 2.45) is 17.8 Å². The van der Waals surface area contributed by atoms with Crippen molar-refractivity contribution in [2.45, 2.75) is 40.0 Å². The van der Waals surface area contributed by atoms with Crippen molar-refractivity contribution < 1.29 is 23.9 Å². The Kier molecular flexibility index (Phi) is 6.31. The normalized spacial score (nSPS) is 22.2. The molecule has 3 atom stereocenters. The zero-order valence-corrected chi connectivity index (χ0v) is 19.1. The quantitative estimate of drug-likeness (QED) is 0.551. The number of carbonyl (C=O) groups is 4. The molecule has 1 heterocycles. The van der Waals surface area contributed by atoms with E-state index in [0.717, 1.165) is 17.5 Å². The van der Waals surface area contributed by atoms with Crippen LogP contribution >= 0.6 is 0 Å². The summed E-state index contributed by atoms with van der Waals surface area (Å²) in [5.74, 6) is -1.69. The highest BCUT2D eigenvalue weighted by atomic mass is 16.5. The Morgan fingerprint density at radius 1 is 1.03 bits per heavy atom. The summed E-state index contributed by atoms with van der Waals surface area (Å²) in [6.07, 6.45) is 2.36. The summed E-state index contributed by atoms with van der Waals surface area (Å²) in [6.45, 7) is 5.46. The molecule has 172 valence electrons. The molecule has 1 aliphatic carbocycles. The number of hydrogen-bond acceptors (Lipinski definition) is 5. The number of rotatable bonds is 5. The summed E-state index contributed by atoms with van der Waals surface area (Å²) in [6, 6.07) is 12.0. The Labute approximate surface area is 193 Å². The lowest BCUT2D eigenvalue weighted by Crippen LogP contribution is -2.31. The highest BCUT2D eigenvalue weighted by Crippen LogP contribution is 2.42. The van der Waals surface area contributed by atoms with Crippen LogP contribution in [-0.2, 0) is 19.1 Å². The van der Waals surface area contributed by atoms with Crippen LogP contribution in [0.25, 0.3) is 0 Å².